The van der Waals surface area contributed by atoms with Gasteiger partial charge in [0.2, 0.25) is 0 Å². The van der Waals surface area contributed by atoms with Gasteiger partial charge in [-0.3, -0.25) is 4.63 Å². The molecule has 0 aliphatic rings. The van der Waals surface area contributed by atoms with Crippen LogP contribution in [0.3, 0.4) is 0 Å². The lowest BCUT2D eigenvalue weighted by molar-refractivity contribution is -0.832. The molecule has 0 radical (unpaired) electrons. The molecule has 0 saturated carbocycles. The van der Waals surface area contributed by atoms with Crippen LogP contribution in [0.25, 0.3) is 11.0 Å². The van der Waals surface area contributed by atoms with E-state index in [0.29, 0.717) is 11.3 Å². The normalized spacial score (nSPS) is 11.6. The number of ether oxygens (including phenoxy) is 1. The molecule has 0 aliphatic heterocycles. The zero-order valence-corrected chi connectivity index (χ0v) is 17.8. The molecule has 11 heteroatoms. The molecule has 2 heterocycles. The van der Waals surface area contributed by atoms with Crippen LogP contribution < -0.4 is 15.3 Å². The molecule has 0 unspecified atom stereocenters. The molecule has 0 fully saturated rings. The second-order valence-corrected chi connectivity index (χ2v) is 9.49. The molecule has 2 aromatic heterocycles. The lowest BCUT2D eigenvalue weighted by atomic mass is 10.1. The molecule has 31 heavy (non-hydrogen) atoms. The van der Waals surface area contributed by atoms with Crippen molar-refractivity contribution in [3.63, 3.8) is 0 Å². The predicted molar refractivity (Wildman–Crippen MR) is 111 cm³/mol. The molecular weight excluding hydrogens is 444 g/mol. The quantitative estimate of drug-likeness (QED) is 0.177. The number of thioether (sulfide) groups is 1. The molecule has 0 atom stereocenters. The van der Waals surface area contributed by atoms with Gasteiger partial charge in [-0.1, -0.05) is 18.2 Å². The average Bonchev–Trinajstić information content (AvgIpc) is 3.12. The molecule has 0 bridgehead atoms. The largest absolute Gasteiger partial charge is 0.454 e. The molecule has 0 aliphatic carbocycles. The fourth-order valence-corrected chi connectivity index (χ4v) is 4.99. The molecule has 9 nitrogen and oxygen atoms in total. The Balaban J connectivity index is 1.46. The van der Waals surface area contributed by atoms with Gasteiger partial charge in [-0.2, -0.15) is 0 Å². The third-order valence-corrected chi connectivity index (χ3v) is 7.05. The van der Waals surface area contributed by atoms with Crippen molar-refractivity contribution < 1.29 is 27.1 Å². The molecule has 0 saturated heterocycles. The minimum absolute atomic E-state index is 0.0598. The van der Waals surface area contributed by atoms with Gasteiger partial charge in [-0.05, 0) is 47.7 Å². The number of hydrogen-bond donors (Lipinski definition) is 0. The third kappa shape index (κ3) is 4.28. The van der Waals surface area contributed by atoms with Gasteiger partial charge in [0.05, 0.1) is 10.1 Å². The van der Waals surface area contributed by atoms with Crippen LogP contribution >= 0.6 is 11.8 Å². The molecule has 160 valence electrons. The van der Waals surface area contributed by atoms with Gasteiger partial charge in [0.1, 0.15) is 12.2 Å². The summed E-state index contributed by atoms with van der Waals surface area (Å²) in [7, 11) is -4.16. The van der Waals surface area contributed by atoms with Crippen LogP contribution in [0.1, 0.15) is 5.56 Å². The van der Waals surface area contributed by atoms with Crippen LogP contribution in [-0.4, -0.2) is 25.9 Å². The predicted octanol–water partition coefficient (Wildman–Crippen LogP) is 2.73. The number of rotatable bonds is 7. The summed E-state index contributed by atoms with van der Waals surface area (Å²) in [6.07, 6.45) is 0. The van der Waals surface area contributed by atoms with Crippen LogP contribution in [0.15, 0.2) is 83.3 Å². The topological polar surface area (TPSA) is 127 Å². The summed E-state index contributed by atoms with van der Waals surface area (Å²) < 4.78 is 40.5. The summed E-state index contributed by atoms with van der Waals surface area (Å²) in [6.45, 7) is 1.89. The third-order valence-electron chi connectivity index (χ3n) is 4.37. The fourth-order valence-electron chi connectivity index (χ4n) is 2.93. The highest BCUT2D eigenvalue weighted by Gasteiger charge is 2.35. The summed E-state index contributed by atoms with van der Waals surface area (Å²) in [5, 5.41) is 15.5. The van der Waals surface area contributed by atoms with Crippen molar-refractivity contribution in [2.75, 3.05) is 12.4 Å². The Morgan fingerprint density at radius 1 is 1.16 bits per heavy atom. The van der Waals surface area contributed by atoms with Gasteiger partial charge in [0.25, 0.3) is 9.84 Å². The molecule has 0 amide bonds. The minimum atomic E-state index is -4.16. The van der Waals surface area contributed by atoms with Crippen LogP contribution in [-0.2, 0) is 9.84 Å². The summed E-state index contributed by atoms with van der Waals surface area (Å²) in [4.78, 5) is 12.1. The maximum absolute atomic E-state index is 12.7. The summed E-state index contributed by atoms with van der Waals surface area (Å²) in [5.74, 6) is 0.0116. The summed E-state index contributed by atoms with van der Waals surface area (Å²) >= 11 is 1.40. The first-order valence-electron chi connectivity index (χ1n) is 9.06. The Morgan fingerprint density at radius 2 is 1.94 bits per heavy atom. The number of benzene rings is 2. The lowest BCUT2D eigenvalue weighted by Gasteiger charge is -2.05. The van der Waals surface area contributed by atoms with E-state index in [1.807, 2.05) is 19.1 Å². The standard InChI is InChI=1S/C20H16N2O7S2/c1-13-11-18(23)28-17-12-14(7-8-16(13)17)30-10-9-27-19-20(22(24)29-21-19)31(25,26)15-5-3-2-4-6-15/h2-8,11-12H,9-10H2,1H3. The van der Waals surface area contributed by atoms with Crippen molar-refractivity contribution in [2.24, 2.45) is 0 Å². The monoisotopic (exact) mass is 460 g/mol. The minimum Gasteiger partial charge on any atom is -0.454 e. The van der Waals surface area contributed by atoms with E-state index in [0.717, 1.165) is 15.8 Å². The average molecular weight is 460 g/mol. The first-order valence-corrected chi connectivity index (χ1v) is 11.5. The number of aryl methyl sites for hydroxylation is 1. The molecule has 4 aromatic rings. The first-order chi connectivity index (χ1) is 14.9. The Morgan fingerprint density at radius 3 is 2.71 bits per heavy atom. The Bertz CT molecular complexity index is 1400. The Hall–Kier alpha value is -3.31. The van der Waals surface area contributed by atoms with Crippen LogP contribution in [0.5, 0.6) is 5.88 Å². The zero-order chi connectivity index (χ0) is 22.0. The van der Waals surface area contributed by atoms with E-state index in [1.54, 1.807) is 24.3 Å². The van der Waals surface area contributed by atoms with Gasteiger partial charge >= 0.3 is 16.5 Å². The van der Waals surface area contributed by atoms with Crippen molar-refractivity contribution in [3.8, 4) is 5.88 Å². The van der Waals surface area contributed by atoms with E-state index < -0.39 is 26.4 Å². The van der Waals surface area contributed by atoms with Gasteiger partial charge in [0.15, 0.2) is 0 Å². The molecule has 0 spiro atoms. The van der Waals surface area contributed by atoms with Gasteiger partial charge in [-0.15, -0.1) is 11.8 Å². The number of fused-ring (bicyclic) bond motifs is 1. The van der Waals surface area contributed by atoms with Gasteiger partial charge < -0.3 is 14.4 Å². The lowest BCUT2D eigenvalue weighted by Crippen LogP contribution is -2.31. The second kappa shape index (κ2) is 8.44. The highest BCUT2D eigenvalue weighted by Crippen LogP contribution is 2.27. The smallest absolute Gasteiger partial charge is 0.415 e. The number of sulfone groups is 1. The Kier molecular flexibility index (Phi) is 5.70. The van der Waals surface area contributed by atoms with E-state index in [9.17, 15) is 18.4 Å². The van der Waals surface area contributed by atoms with Crippen molar-refractivity contribution in [3.05, 3.63) is 75.8 Å². The van der Waals surface area contributed by atoms with Crippen molar-refractivity contribution in [1.29, 1.82) is 0 Å². The molecule has 0 N–H and O–H groups in total. The molecule has 2 aromatic carbocycles. The second-order valence-electron chi connectivity index (χ2n) is 6.46. The SMILES string of the molecule is Cc1cc(=O)oc2cc(SCCOc3no[n+]([O-])c3S(=O)(=O)c3ccccc3)ccc12. The number of hydrogen-bond acceptors (Lipinski definition) is 9. The van der Waals surface area contributed by atoms with Crippen molar-refractivity contribution >= 4 is 32.6 Å². The maximum atomic E-state index is 12.7. The van der Waals surface area contributed by atoms with Crippen LogP contribution in [0.4, 0.5) is 0 Å². The summed E-state index contributed by atoms with van der Waals surface area (Å²) in [5.41, 5.74) is 0.894. The fraction of sp³-hybridized carbons (Fsp3) is 0.150. The maximum Gasteiger partial charge on any atom is 0.415 e. The number of aromatic nitrogens is 2. The van der Waals surface area contributed by atoms with Crippen LogP contribution in [0.2, 0.25) is 0 Å². The summed E-state index contributed by atoms with van der Waals surface area (Å²) in [6, 6.07) is 14.4. The highest BCUT2D eigenvalue weighted by atomic mass is 32.2. The Labute approximate surface area is 180 Å². The van der Waals surface area contributed by atoms with Crippen molar-refractivity contribution in [1.82, 2.24) is 5.16 Å². The van der Waals surface area contributed by atoms with E-state index in [2.05, 4.69) is 9.79 Å². The highest BCUT2D eigenvalue weighted by molar-refractivity contribution is 7.99. The van der Waals surface area contributed by atoms with E-state index in [-0.39, 0.29) is 16.4 Å². The number of nitrogens with zero attached hydrogens (tertiary/aromatic N) is 2. The van der Waals surface area contributed by atoms with Crippen LogP contribution in [0, 0.1) is 12.1 Å². The van der Waals surface area contributed by atoms with E-state index in [1.165, 1.54) is 30.0 Å². The van der Waals surface area contributed by atoms with Gasteiger partial charge in [-0.25, -0.2) is 13.2 Å². The molecule has 4 rings (SSSR count). The van der Waals surface area contributed by atoms with Gasteiger partial charge in [0, 0.05) is 22.1 Å². The zero-order valence-electron chi connectivity index (χ0n) is 16.2. The van der Waals surface area contributed by atoms with E-state index in [4.69, 9.17) is 9.15 Å². The first kappa shape index (κ1) is 20.9. The molecular formula is C20H16N2O7S2. The van der Waals surface area contributed by atoms with E-state index >= 15 is 0 Å². The van der Waals surface area contributed by atoms with Crippen molar-refractivity contribution in [2.45, 2.75) is 21.7 Å².